The smallest absolute Gasteiger partial charge is 0.272 e. The highest BCUT2D eigenvalue weighted by molar-refractivity contribution is 9.10. The van der Waals surface area contributed by atoms with Crippen molar-refractivity contribution in [2.45, 2.75) is 0 Å². The van der Waals surface area contributed by atoms with Gasteiger partial charge in [0.25, 0.3) is 5.91 Å². The van der Waals surface area contributed by atoms with Crippen molar-refractivity contribution in [1.29, 1.82) is 0 Å². The lowest BCUT2D eigenvalue weighted by Gasteiger charge is -2.02. The van der Waals surface area contributed by atoms with Crippen LogP contribution in [0, 0.1) is 0 Å². The average molecular weight is 445 g/mol. The number of aromatic nitrogens is 2. The Morgan fingerprint density at radius 2 is 1.62 bits per heavy atom. The first-order valence-corrected chi connectivity index (χ1v) is 9.78. The monoisotopic (exact) mass is 444 g/mol. The van der Waals surface area contributed by atoms with Gasteiger partial charge in [-0.2, -0.15) is 10.2 Å². The third kappa shape index (κ3) is 4.67. The Morgan fingerprint density at radius 3 is 2.38 bits per heavy atom. The molecule has 0 fully saturated rings. The summed E-state index contributed by atoms with van der Waals surface area (Å²) in [6.07, 6.45) is 1.59. The molecule has 0 aliphatic rings. The van der Waals surface area contributed by atoms with Crippen molar-refractivity contribution >= 4 is 28.1 Å². The standard InChI is InChI=1S/C23H17BrN4O/c24-20-8-4-5-16(13-20)15-25-28-23(29)22-14-21(26-27-22)19-11-9-18(10-12-19)17-6-2-1-3-7-17/h1-15H,(H,26,27)(H,28,29). The molecule has 142 valence electrons. The van der Waals surface area contributed by atoms with Gasteiger partial charge in [0.1, 0.15) is 5.69 Å². The molecule has 2 N–H and O–H groups in total. The Kier molecular flexibility index (Phi) is 5.63. The summed E-state index contributed by atoms with van der Waals surface area (Å²) in [5.74, 6) is -0.351. The first-order chi connectivity index (χ1) is 14.2. The molecule has 6 heteroatoms. The van der Waals surface area contributed by atoms with Gasteiger partial charge >= 0.3 is 0 Å². The number of hydrazone groups is 1. The second-order valence-electron chi connectivity index (χ2n) is 6.36. The van der Waals surface area contributed by atoms with Gasteiger partial charge in [0.05, 0.1) is 11.9 Å². The van der Waals surface area contributed by atoms with Crippen LogP contribution in [0.3, 0.4) is 0 Å². The van der Waals surface area contributed by atoms with Crippen LogP contribution in [0.1, 0.15) is 16.1 Å². The maximum Gasteiger partial charge on any atom is 0.289 e. The Labute approximate surface area is 176 Å². The van der Waals surface area contributed by atoms with Gasteiger partial charge in [-0.1, -0.05) is 82.7 Å². The number of aromatic amines is 1. The molecule has 0 spiro atoms. The zero-order valence-corrected chi connectivity index (χ0v) is 16.9. The van der Waals surface area contributed by atoms with Gasteiger partial charge in [0.2, 0.25) is 0 Å². The first-order valence-electron chi connectivity index (χ1n) is 8.99. The number of halogens is 1. The van der Waals surface area contributed by atoms with Gasteiger partial charge < -0.3 is 0 Å². The number of carbonyl (C=O) groups is 1. The third-order valence-corrected chi connectivity index (χ3v) is 4.83. The molecule has 0 saturated carbocycles. The fourth-order valence-electron chi connectivity index (χ4n) is 2.86. The normalized spacial score (nSPS) is 10.9. The highest BCUT2D eigenvalue weighted by Crippen LogP contribution is 2.24. The van der Waals surface area contributed by atoms with Gasteiger partial charge in [0.15, 0.2) is 0 Å². The van der Waals surface area contributed by atoms with Crippen LogP contribution in [-0.4, -0.2) is 22.3 Å². The molecule has 0 saturated heterocycles. The maximum atomic E-state index is 12.3. The summed E-state index contributed by atoms with van der Waals surface area (Å²) in [5.41, 5.74) is 7.64. The fraction of sp³-hybridized carbons (Fsp3) is 0. The number of carbonyl (C=O) groups excluding carboxylic acids is 1. The quantitative estimate of drug-likeness (QED) is 0.325. The Hall–Kier alpha value is -3.51. The Morgan fingerprint density at radius 1 is 0.897 bits per heavy atom. The third-order valence-electron chi connectivity index (χ3n) is 4.34. The molecule has 0 radical (unpaired) electrons. The van der Waals surface area contributed by atoms with Crippen molar-refractivity contribution in [3.8, 4) is 22.4 Å². The summed E-state index contributed by atoms with van der Waals surface area (Å²) in [4.78, 5) is 12.3. The number of amides is 1. The van der Waals surface area contributed by atoms with Gasteiger partial charge in [-0.25, -0.2) is 5.43 Å². The molecule has 1 aromatic heterocycles. The molecule has 4 rings (SSSR count). The van der Waals surface area contributed by atoms with E-state index in [0.717, 1.165) is 26.7 Å². The average Bonchev–Trinajstić information content (AvgIpc) is 3.25. The van der Waals surface area contributed by atoms with Gasteiger partial charge in [0, 0.05) is 10.0 Å². The second kappa shape index (κ2) is 8.67. The number of nitrogens with one attached hydrogen (secondary N) is 2. The summed E-state index contributed by atoms with van der Waals surface area (Å²) < 4.78 is 0.948. The summed E-state index contributed by atoms with van der Waals surface area (Å²) in [7, 11) is 0. The van der Waals surface area contributed by atoms with Crippen molar-refractivity contribution in [3.63, 3.8) is 0 Å². The number of rotatable bonds is 5. The lowest BCUT2D eigenvalue weighted by molar-refractivity contribution is 0.0950. The van der Waals surface area contributed by atoms with E-state index in [-0.39, 0.29) is 5.91 Å². The van der Waals surface area contributed by atoms with E-state index in [1.807, 2.05) is 66.7 Å². The van der Waals surface area contributed by atoms with E-state index in [1.165, 1.54) is 0 Å². The van der Waals surface area contributed by atoms with Crippen molar-refractivity contribution in [1.82, 2.24) is 15.6 Å². The van der Waals surface area contributed by atoms with E-state index in [0.29, 0.717) is 11.4 Å². The van der Waals surface area contributed by atoms with E-state index in [9.17, 15) is 4.79 Å². The zero-order valence-electron chi connectivity index (χ0n) is 15.3. The molecule has 0 aliphatic heterocycles. The summed E-state index contributed by atoms with van der Waals surface area (Å²) in [6, 6.07) is 27.6. The number of benzene rings is 3. The minimum absolute atomic E-state index is 0.346. The van der Waals surface area contributed by atoms with Crippen molar-refractivity contribution in [2.75, 3.05) is 0 Å². The lowest BCUT2D eigenvalue weighted by atomic mass is 10.0. The van der Waals surface area contributed by atoms with Crippen LogP contribution in [0.5, 0.6) is 0 Å². The molecule has 0 bridgehead atoms. The summed E-state index contributed by atoms with van der Waals surface area (Å²) >= 11 is 3.40. The topological polar surface area (TPSA) is 70.1 Å². The SMILES string of the molecule is O=C(NN=Cc1cccc(Br)c1)c1cc(-c2ccc(-c3ccccc3)cc2)n[nH]1. The molecule has 3 aromatic carbocycles. The molecule has 1 amide bonds. The molecule has 1 heterocycles. The van der Waals surface area contributed by atoms with Crippen molar-refractivity contribution in [3.05, 3.63) is 101 Å². The fourth-order valence-corrected chi connectivity index (χ4v) is 3.28. The van der Waals surface area contributed by atoms with Crippen LogP contribution < -0.4 is 5.43 Å². The van der Waals surface area contributed by atoms with E-state index >= 15 is 0 Å². The highest BCUT2D eigenvalue weighted by Gasteiger charge is 2.10. The molecule has 5 nitrogen and oxygen atoms in total. The predicted molar refractivity (Wildman–Crippen MR) is 119 cm³/mol. The minimum Gasteiger partial charge on any atom is -0.272 e. The van der Waals surface area contributed by atoms with Crippen LogP contribution in [0.4, 0.5) is 0 Å². The van der Waals surface area contributed by atoms with E-state index < -0.39 is 0 Å². The first kappa shape index (κ1) is 18.8. The molecular weight excluding hydrogens is 428 g/mol. The van der Waals surface area contributed by atoms with E-state index in [1.54, 1.807) is 12.3 Å². The number of nitrogens with zero attached hydrogens (tertiary/aromatic N) is 2. The summed E-state index contributed by atoms with van der Waals surface area (Å²) in [5, 5.41) is 11.0. The Balaban J connectivity index is 1.43. The van der Waals surface area contributed by atoms with Crippen LogP contribution in [0.15, 0.2) is 94.5 Å². The molecule has 29 heavy (non-hydrogen) atoms. The maximum absolute atomic E-state index is 12.3. The number of hydrogen-bond acceptors (Lipinski definition) is 3. The zero-order chi connectivity index (χ0) is 20.1. The van der Waals surface area contributed by atoms with E-state index in [4.69, 9.17) is 0 Å². The number of hydrogen-bond donors (Lipinski definition) is 2. The number of H-pyrrole nitrogens is 1. The molecule has 0 unspecified atom stereocenters. The van der Waals surface area contributed by atoms with Crippen molar-refractivity contribution < 1.29 is 4.79 Å². The molecule has 0 atom stereocenters. The summed E-state index contributed by atoms with van der Waals surface area (Å²) in [6.45, 7) is 0. The van der Waals surface area contributed by atoms with Crippen LogP contribution in [0.2, 0.25) is 0 Å². The Bertz CT molecular complexity index is 1150. The van der Waals surface area contributed by atoms with Gasteiger partial charge in [-0.3, -0.25) is 9.89 Å². The van der Waals surface area contributed by atoms with Crippen LogP contribution in [0.25, 0.3) is 22.4 Å². The minimum atomic E-state index is -0.351. The molecule has 0 aliphatic carbocycles. The molecular formula is C23H17BrN4O. The van der Waals surface area contributed by atoms with Crippen LogP contribution in [-0.2, 0) is 0 Å². The van der Waals surface area contributed by atoms with E-state index in [2.05, 4.69) is 48.8 Å². The highest BCUT2D eigenvalue weighted by atomic mass is 79.9. The predicted octanol–water partition coefficient (Wildman–Crippen LogP) is 5.27. The van der Waals surface area contributed by atoms with Gasteiger partial charge in [-0.05, 0) is 34.9 Å². The lowest BCUT2D eigenvalue weighted by Crippen LogP contribution is -2.17. The molecule has 4 aromatic rings. The van der Waals surface area contributed by atoms with Gasteiger partial charge in [-0.15, -0.1) is 0 Å². The van der Waals surface area contributed by atoms with Crippen LogP contribution >= 0.6 is 15.9 Å². The second-order valence-corrected chi connectivity index (χ2v) is 7.28. The largest absolute Gasteiger partial charge is 0.289 e. The van der Waals surface area contributed by atoms with Crippen molar-refractivity contribution in [2.24, 2.45) is 5.10 Å².